The predicted octanol–water partition coefficient (Wildman–Crippen LogP) is 3.25. The molecule has 3 heteroatoms. The lowest BCUT2D eigenvalue weighted by atomic mass is 9.92. The summed E-state index contributed by atoms with van der Waals surface area (Å²) in [5.74, 6) is 4.09. The number of piperidine rings is 1. The van der Waals surface area contributed by atoms with Gasteiger partial charge in [0, 0.05) is 25.0 Å². The molecule has 0 radical (unpaired) electrons. The minimum absolute atomic E-state index is 0.301. The van der Waals surface area contributed by atoms with Crippen LogP contribution in [0.15, 0.2) is 0 Å². The Labute approximate surface area is 136 Å². The van der Waals surface area contributed by atoms with Gasteiger partial charge in [0.05, 0.1) is 0 Å². The molecule has 1 amide bonds. The molecule has 0 bridgehead atoms. The van der Waals surface area contributed by atoms with Gasteiger partial charge in [-0.25, -0.2) is 0 Å². The third kappa shape index (κ3) is 3.20. The van der Waals surface area contributed by atoms with Crippen LogP contribution in [0.5, 0.6) is 0 Å². The maximum absolute atomic E-state index is 12.8. The van der Waals surface area contributed by atoms with E-state index in [2.05, 4.69) is 37.5 Å². The molecule has 0 aromatic carbocycles. The number of hydrogen-bond donors (Lipinski definition) is 0. The zero-order valence-electron chi connectivity index (χ0n) is 14.9. The van der Waals surface area contributed by atoms with Crippen LogP contribution < -0.4 is 0 Å². The van der Waals surface area contributed by atoms with Crippen LogP contribution in [0.25, 0.3) is 0 Å². The van der Waals surface area contributed by atoms with Gasteiger partial charge in [0.25, 0.3) is 0 Å². The Bertz CT molecular complexity index is 384. The molecule has 3 aliphatic rings. The summed E-state index contributed by atoms with van der Waals surface area (Å²) < 4.78 is 0. The van der Waals surface area contributed by atoms with Crippen LogP contribution in [0.1, 0.15) is 53.4 Å². The molecule has 3 atom stereocenters. The summed E-state index contributed by atoms with van der Waals surface area (Å²) in [6.45, 7) is 13.5. The van der Waals surface area contributed by atoms with Crippen molar-refractivity contribution in [1.82, 2.24) is 9.80 Å². The highest BCUT2D eigenvalue weighted by Gasteiger charge is 2.44. The summed E-state index contributed by atoms with van der Waals surface area (Å²) in [5.41, 5.74) is 0. The van der Waals surface area contributed by atoms with Gasteiger partial charge >= 0.3 is 0 Å². The molecule has 2 heterocycles. The Balaban J connectivity index is 1.50. The quantitative estimate of drug-likeness (QED) is 0.799. The van der Waals surface area contributed by atoms with E-state index in [9.17, 15) is 4.79 Å². The van der Waals surface area contributed by atoms with Crippen molar-refractivity contribution < 1.29 is 4.79 Å². The standard InChI is InChI=1S/C19H34N2O/c1-13(2)16-9-17-11-21(12-18(17)10-16)19(22)15-5-7-20(8-6-15)14(3)4/h13-18H,5-12H2,1-4H3/t16?,17-,18+. The monoisotopic (exact) mass is 306 g/mol. The van der Waals surface area contributed by atoms with E-state index in [4.69, 9.17) is 0 Å². The minimum Gasteiger partial charge on any atom is -0.342 e. The second kappa shape index (κ2) is 6.51. The Kier molecular flexibility index (Phi) is 4.82. The van der Waals surface area contributed by atoms with Crippen LogP contribution in [0.3, 0.4) is 0 Å². The Morgan fingerprint density at radius 1 is 0.955 bits per heavy atom. The topological polar surface area (TPSA) is 23.6 Å². The first-order chi connectivity index (χ1) is 10.5. The molecule has 0 aromatic rings. The average Bonchev–Trinajstić information content (AvgIpc) is 3.05. The summed E-state index contributed by atoms with van der Waals surface area (Å²) in [5, 5.41) is 0. The van der Waals surface area contributed by atoms with Crippen molar-refractivity contribution in [3.05, 3.63) is 0 Å². The van der Waals surface area contributed by atoms with Crippen LogP contribution in [0.4, 0.5) is 0 Å². The fraction of sp³-hybridized carbons (Fsp3) is 0.947. The van der Waals surface area contributed by atoms with Crippen LogP contribution in [-0.2, 0) is 4.79 Å². The molecular formula is C19H34N2O. The Hall–Kier alpha value is -0.570. The van der Waals surface area contributed by atoms with Crippen molar-refractivity contribution in [3.8, 4) is 0 Å². The number of rotatable bonds is 3. The number of nitrogens with zero attached hydrogens (tertiary/aromatic N) is 2. The van der Waals surface area contributed by atoms with E-state index in [0.29, 0.717) is 17.9 Å². The van der Waals surface area contributed by atoms with E-state index >= 15 is 0 Å². The van der Waals surface area contributed by atoms with Gasteiger partial charge < -0.3 is 9.80 Å². The van der Waals surface area contributed by atoms with E-state index in [0.717, 1.165) is 62.7 Å². The van der Waals surface area contributed by atoms with Gasteiger partial charge in [-0.15, -0.1) is 0 Å². The average molecular weight is 306 g/mol. The molecule has 0 spiro atoms. The molecule has 0 N–H and O–H groups in total. The Morgan fingerprint density at radius 3 is 1.95 bits per heavy atom. The van der Waals surface area contributed by atoms with Gasteiger partial charge in [-0.2, -0.15) is 0 Å². The minimum atomic E-state index is 0.301. The zero-order chi connectivity index (χ0) is 15.9. The van der Waals surface area contributed by atoms with Crippen molar-refractivity contribution in [1.29, 1.82) is 0 Å². The normalized spacial score (nSPS) is 33.9. The van der Waals surface area contributed by atoms with Crippen molar-refractivity contribution in [2.45, 2.75) is 59.4 Å². The van der Waals surface area contributed by atoms with Crippen LogP contribution in [0.2, 0.25) is 0 Å². The summed E-state index contributed by atoms with van der Waals surface area (Å²) in [6, 6.07) is 0.621. The van der Waals surface area contributed by atoms with Crippen LogP contribution in [0, 0.1) is 29.6 Å². The van der Waals surface area contributed by atoms with Crippen molar-refractivity contribution in [3.63, 3.8) is 0 Å². The molecule has 3 fully saturated rings. The first-order valence-electron chi connectivity index (χ1n) is 9.48. The second-order valence-electron chi connectivity index (χ2n) is 8.64. The zero-order valence-corrected chi connectivity index (χ0v) is 14.9. The molecule has 3 nitrogen and oxygen atoms in total. The summed E-state index contributed by atoms with van der Waals surface area (Å²) in [6.07, 6.45) is 4.85. The van der Waals surface area contributed by atoms with E-state index in [-0.39, 0.29) is 0 Å². The summed E-state index contributed by atoms with van der Waals surface area (Å²) >= 11 is 0. The van der Waals surface area contributed by atoms with E-state index < -0.39 is 0 Å². The van der Waals surface area contributed by atoms with E-state index in [1.165, 1.54) is 12.8 Å². The molecule has 22 heavy (non-hydrogen) atoms. The first kappa shape index (κ1) is 16.3. The lowest BCUT2D eigenvalue weighted by molar-refractivity contribution is -0.136. The van der Waals surface area contributed by atoms with E-state index in [1.807, 2.05) is 0 Å². The van der Waals surface area contributed by atoms with Gasteiger partial charge in [-0.05, 0) is 76.3 Å². The van der Waals surface area contributed by atoms with Gasteiger partial charge in [-0.3, -0.25) is 4.79 Å². The third-order valence-electron chi connectivity index (χ3n) is 6.65. The SMILES string of the molecule is CC(C)C1C[C@@H]2CN(C(=O)C3CCN(C(C)C)CC3)C[C@@H]2C1. The van der Waals surface area contributed by atoms with Crippen LogP contribution >= 0.6 is 0 Å². The molecular weight excluding hydrogens is 272 g/mol. The first-order valence-corrected chi connectivity index (χ1v) is 9.48. The molecule has 0 aromatic heterocycles. The fourth-order valence-electron chi connectivity index (χ4n) is 4.99. The highest BCUT2D eigenvalue weighted by Crippen LogP contribution is 2.44. The van der Waals surface area contributed by atoms with Gasteiger partial charge in [-0.1, -0.05) is 13.8 Å². The third-order valence-corrected chi connectivity index (χ3v) is 6.65. The smallest absolute Gasteiger partial charge is 0.225 e. The number of amides is 1. The molecule has 1 saturated carbocycles. The molecule has 126 valence electrons. The molecule has 1 unspecified atom stereocenters. The number of likely N-dealkylation sites (tertiary alicyclic amines) is 2. The highest BCUT2D eigenvalue weighted by molar-refractivity contribution is 5.79. The van der Waals surface area contributed by atoms with Crippen molar-refractivity contribution >= 4 is 5.91 Å². The van der Waals surface area contributed by atoms with Gasteiger partial charge in [0.15, 0.2) is 0 Å². The van der Waals surface area contributed by atoms with Crippen molar-refractivity contribution in [2.24, 2.45) is 29.6 Å². The maximum atomic E-state index is 12.8. The lowest BCUT2D eigenvalue weighted by Gasteiger charge is -2.35. The lowest BCUT2D eigenvalue weighted by Crippen LogP contribution is -2.44. The largest absolute Gasteiger partial charge is 0.342 e. The maximum Gasteiger partial charge on any atom is 0.225 e. The fourth-order valence-corrected chi connectivity index (χ4v) is 4.99. The highest BCUT2D eigenvalue weighted by atomic mass is 16.2. The second-order valence-corrected chi connectivity index (χ2v) is 8.64. The van der Waals surface area contributed by atoms with Crippen molar-refractivity contribution in [2.75, 3.05) is 26.2 Å². The molecule has 2 saturated heterocycles. The number of fused-ring (bicyclic) bond motifs is 1. The number of carbonyl (C=O) groups excluding carboxylic acids is 1. The van der Waals surface area contributed by atoms with Gasteiger partial charge in [0.1, 0.15) is 0 Å². The number of hydrogen-bond acceptors (Lipinski definition) is 2. The molecule has 3 rings (SSSR count). The molecule has 2 aliphatic heterocycles. The Morgan fingerprint density at radius 2 is 1.50 bits per heavy atom. The summed E-state index contributed by atoms with van der Waals surface area (Å²) in [4.78, 5) is 17.6. The molecule has 1 aliphatic carbocycles. The summed E-state index contributed by atoms with van der Waals surface area (Å²) in [7, 11) is 0. The predicted molar refractivity (Wildman–Crippen MR) is 90.6 cm³/mol. The van der Waals surface area contributed by atoms with Gasteiger partial charge in [0.2, 0.25) is 5.91 Å². The number of carbonyl (C=O) groups is 1. The van der Waals surface area contributed by atoms with Crippen LogP contribution in [-0.4, -0.2) is 47.9 Å². The van der Waals surface area contributed by atoms with E-state index in [1.54, 1.807) is 0 Å².